The van der Waals surface area contributed by atoms with Crippen LogP contribution in [-0.2, 0) is 10.8 Å². The van der Waals surface area contributed by atoms with Crippen LogP contribution in [-0.4, -0.2) is 12.0 Å². The van der Waals surface area contributed by atoms with Gasteiger partial charge in [-0.2, -0.15) is 0 Å². The Bertz CT molecular complexity index is 1050. The minimum absolute atomic E-state index is 0.0508. The summed E-state index contributed by atoms with van der Waals surface area (Å²) in [6, 6.07) is 21.7. The molecule has 168 valence electrons. The third-order valence-corrected chi connectivity index (χ3v) is 5.83. The van der Waals surface area contributed by atoms with E-state index in [4.69, 9.17) is 4.74 Å². The fourth-order valence-corrected chi connectivity index (χ4v) is 4.16. The molecule has 0 aliphatic carbocycles. The van der Waals surface area contributed by atoms with Crippen molar-refractivity contribution >= 4 is 5.69 Å². The quantitative estimate of drug-likeness (QED) is 0.241. The SMILES string of the molecule is COc1c(C(C)(C)C)cc([C@@H](c2ccccc2)c2ccc([N+](=O)[O-])cc2)cc1C(C)(C)C. The van der Waals surface area contributed by atoms with Crippen LogP contribution in [0.3, 0.4) is 0 Å². The first kappa shape index (κ1) is 23.5. The predicted molar refractivity (Wildman–Crippen MR) is 131 cm³/mol. The van der Waals surface area contributed by atoms with Gasteiger partial charge < -0.3 is 4.74 Å². The zero-order valence-corrected chi connectivity index (χ0v) is 20.1. The number of nitro groups is 1. The topological polar surface area (TPSA) is 52.4 Å². The molecule has 0 radical (unpaired) electrons. The molecule has 4 nitrogen and oxygen atoms in total. The number of ether oxygens (including phenoxy) is 1. The smallest absolute Gasteiger partial charge is 0.269 e. The Balaban J connectivity index is 2.32. The second-order valence-electron chi connectivity index (χ2n) is 10.3. The molecule has 0 aliphatic rings. The van der Waals surface area contributed by atoms with E-state index in [-0.39, 0.29) is 27.4 Å². The summed E-state index contributed by atoms with van der Waals surface area (Å²) in [6.07, 6.45) is 0. The minimum atomic E-state index is -0.357. The minimum Gasteiger partial charge on any atom is -0.496 e. The Kier molecular flexibility index (Phi) is 6.45. The summed E-state index contributed by atoms with van der Waals surface area (Å²) in [4.78, 5) is 10.8. The van der Waals surface area contributed by atoms with E-state index >= 15 is 0 Å². The highest BCUT2D eigenvalue weighted by Gasteiger charge is 2.30. The average Bonchev–Trinajstić information content (AvgIpc) is 2.73. The van der Waals surface area contributed by atoms with E-state index in [2.05, 4.69) is 65.8 Å². The summed E-state index contributed by atoms with van der Waals surface area (Å²) in [7, 11) is 1.74. The number of hydrogen-bond acceptors (Lipinski definition) is 3. The Labute approximate surface area is 191 Å². The van der Waals surface area contributed by atoms with Crippen molar-refractivity contribution in [1.29, 1.82) is 0 Å². The summed E-state index contributed by atoms with van der Waals surface area (Å²) in [6.45, 7) is 13.2. The maximum absolute atomic E-state index is 11.2. The molecule has 3 aromatic rings. The van der Waals surface area contributed by atoms with Gasteiger partial charge in [0.15, 0.2) is 0 Å². The number of hydrogen-bond donors (Lipinski definition) is 0. The summed E-state index contributed by atoms with van der Waals surface area (Å²) in [5.41, 5.74) is 5.51. The Morgan fingerprint density at radius 3 is 1.62 bits per heavy atom. The summed E-state index contributed by atoms with van der Waals surface area (Å²) < 4.78 is 5.94. The standard InChI is InChI=1S/C28H33NO3/c1-27(2,3)23-17-21(18-24(26(23)32-7)28(4,5)6)25(19-11-9-8-10-12-19)20-13-15-22(16-14-20)29(30)31/h8-18,25H,1-7H3/t25-/m0/s1. The molecular weight excluding hydrogens is 398 g/mol. The van der Waals surface area contributed by atoms with Crippen molar-refractivity contribution < 1.29 is 9.66 Å². The van der Waals surface area contributed by atoms with Crippen molar-refractivity contribution in [1.82, 2.24) is 0 Å². The van der Waals surface area contributed by atoms with Gasteiger partial charge in [0.2, 0.25) is 0 Å². The van der Waals surface area contributed by atoms with Crippen molar-refractivity contribution in [3.05, 3.63) is 105 Å². The molecule has 0 saturated carbocycles. The normalized spacial score (nSPS) is 13.0. The summed E-state index contributed by atoms with van der Waals surface area (Å²) in [5.74, 6) is 0.884. The largest absolute Gasteiger partial charge is 0.496 e. The Hall–Kier alpha value is -3.14. The van der Waals surface area contributed by atoms with E-state index in [1.807, 2.05) is 30.3 Å². The van der Waals surface area contributed by atoms with Crippen LogP contribution in [0.2, 0.25) is 0 Å². The van der Waals surface area contributed by atoms with Crippen LogP contribution in [0.15, 0.2) is 66.7 Å². The van der Waals surface area contributed by atoms with Crippen LogP contribution in [0.1, 0.15) is 75.3 Å². The zero-order chi connectivity index (χ0) is 23.7. The molecule has 0 heterocycles. The van der Waals surface area contributed by atoms with E-state index in [0.717, 1.165) is 33.6 Å². The number of nitro benzene ring substituents is 1. The molecule has 3 aromatic carbocycles. The maximum Gasteiger partial charge on any atom is 0.269 e. The highest BCUT2D eigenvalue weighted by Crippen LogP contribution is 2.44. The molecular formula is C28H33NO3. The van der Waals surface area contributed by atoms with Gasteiger partial charge in [-0.15, -0.1) is 0 Å². The summed E-state index contributed by atoms with van der Waals surface area (Å²) >= 11 is 0. The first-order valence-electron chi connectivity index (χ1n) is 11.0. The van der Waals surface area contributed by atoms with Gasteiger partial charge in [0.25, 0.3) is 5.69 Å². The molecule has 3 rings (SSSR count). The molecule has 0 bridgehead atoms. The third kappa shape index (κ3) is 4.85. The highest BCUT2D eigenvalue weighted by molar-refractivity contribution is 5.55. The van der Waals surface area contributed by atoms with Gasteiger partial charge in [0, 0.05) is 29.2 Å². The number of non-ortho nitro benzene ring substituents is 1. The lowest BCUT2D eigenvalue weighted by molar-refractivity contribution is -0.384. The van der Waals surface area contributed by atoms with Crippen molar-refractivity contribution in [3.8, 4) is 5.75 Å². The predicted octanol–water partition coefficient (Wildman–Crippen LogP) is 7.38. The van der Waals surface area contributed by atoms with E-state index in [0.29, 0.717) is 0 Å². The van der Waals surface area contributed by atoms with Gasteiger partial charge in [-0.25, -0.2) is 0 Å². The molecule has 4 heteroatoms. The van der Waals surface area contributed by atoms with Gasteiger partial charge in [-0.05, 0) is 27.5 Å². The first-order chi connectivity index (χ1) is 14.9. The van der Waals surface area contributed by atoms with E-state index in [9.17, 15) is 10.1 Å². The van der Waals surface area contributed by atoms with E-state index < -0.39 is 0 Å². The zero-order valence-electron chi connectivity index (χ0n) is 20.1. The monoisotopic (exact) mass is 431 g/mol. The number of rotatable bonds is 5. The van der Waals surface area contributed by atoms with Crippen molar-refractivity contribution in [2.45, 2.75) is 58.3 Å². The second kappa shape index (κ2) is 8.78. The molecule has 0 saturated heterocycles. The molecule has 32 heavy (non-hydrogen) atoms. The summed E-state index contributed by atoms with van der Waals surface area (Å²) in [5, 5.41) is 11.2. The molecule has 0 aromatic heterocycles. The maximum atomic E-state index is 11.2. The lowest BCUT2D eigenvalue weighted by Gasteiger charge is -2.31. The molecule has 0 unspecified atom stereocenters. The number of methoxy groups -OCH3 is 1. The third-order valence-electron chi connectivity index (χ3n) is 5.83. The molecule has 0 N–H and O–H groups in total. The molecule has 0 aliphatic heterocycles. The van der Waals surface area contributed by atoms with Gasteiger partial charge in [-0.3, -0.25) is 10.1 Å². The molecule has 1 atom stereocenters. The lowest BCUT2D eigenvalue weighted by atomic mass is 9.75. The van der Waals surface area contributed by atoms with Crippen molar-refractivity contribution in [2.24, 2.45) is 0 Å². The molecule has 0 fully saturated rings. The molecule has 0 amide bonds. The average molecular weight is 432 g/mol. The van der Waals surface area contributed by atoms with Gasteiger partial charge in [-0.1, -0.05) is 96.1 Å². The number of benzene rings is 3. The van der Waals surface area contributed by atoms with Crippen molar-refractivity contribution in [2.75, 3.05) is 7.11 Å². The first-order valence-corrected chi connectivity index (χ1v) is 11.0. The Morgan fingerprint density at radius 1 is 0.750 bits per heavy atom. The van der Waals surface area contributed by atoms with E-state index in [1.54, 1.807) is 19.2 Å². The Morgan fingerprint density at radius 2 is 1.22 bits per heavy atom. The number of nitrogens with zero attached hydrogens (tertiary/aromatic N) is 1. The van der Waals surface area contributed by atoms with Crippen LogP contribution in [0, 0.1) is 10.1 Å². The van der Waals surface area contributed by atoms with Crippen LogP contribution in [0.5, 0.6) is 5.75 Å². The highest BCUT2D eigenvalue weighted by atomic mass is 16.6. The fourth-order valence-electron chi connectivity index (χ4n) is 4.16. The van der Waals surface area contributed by atoms with Gasteiger partial charge >= 0.3 is 0 Å². The molecule has 0 spiro atoms. The van der Waals surface area contributed by atoms with Crippen LogP contribution in [0.4, 0.5) is 5.69 Å². The lowest BCUT2D eigenvalue weighted by Crippen LogP contribution is -2.20. The second-order valence-corrected chi connectivity index (χ2v) is 10.3. The van der Waals surface area contributed by atoms with Gasteiger partial charge in [0.1, 0.15) is 5.75 Å². The van der Waals surface area contributed by atoms with Gasteiger partial charge in [0.05, 0.1) is 12.0 Å². The van der Waals surface area contributed by atoms with Crippen LogP contribution >= 0.6 is 0 Å². The van der Waals surface area contributed by atoms with Crippen LogP contribution < -0.4 is 4.74 Å². The van der Waals surface area contributed by atoms with E-state index in [1.165, 1.54) is 0 Å². The van der Waals surface area contributed by atoms with Crippen LogP contribution in [0.25, 0.3) is 0 Å². The fraction of sp³-hybridized carbons (Fsp3) is 0.357. The van der Waals surface area contributed by atoms with Crippen molar-refractivity contribution in [3.63, 3.8) is 0 Å².